The number of H-pyrrole nitrogens is 1. The van der Waals surface area contributed by atoms with Gasteiger partial charge >= 0.3 is 0 Å². The second kappa shape index (κ2) is 7.93. The maximum absolute atomic E-state index is 4.82. The number of para-hydroxylation sites is 1. The first kappa shape index (κ1) is 18.3. The molecular weight excluding hydrogens is 390 g/mol. The highest BCUT2D eigenvalue weighted by Gasteiger charge is 2.08. The zero-order valence-corrected chi connectivity index (χ0v) is 17.2. The molecule has 30 heavy (non-hydrogen) atoms. The van der Waals surface area contributed by atoms with E-state index in [0.717, 1.165) is 38.2 Å². The second-order valence-electron chi connectivity index (χ2n) is 6.94. The molecule has 0 bridgehead atoms. The molecule has 5 nitrogen and oxygen atoms in total. The summed E-state index contributed by atoms with van der Waals surface area (Å²) in [6.45, 7) is 2.09. The predicted octanol–water partition coefficient (Wildman–Crippen LogP) is 5.52. The van der Waals surface area contributed by atoms with Crippen LogP contribution >= 0.6 is 11.3 Å². The minimum Gasteiger partial charge on any atom is -0.361 e. The number of rotatable bonds is 4. The van der Waals surface area contributed by atoms with Gasteiger partial charge in [0.15, 0.2) is 0 Å². The first-order valence-corrected chi connectivity index (χ1v) is 10.5. The number of nitrogens with zero attached hydrogens (tertiary/aromatic N) is 4. The average Bonchev–Trinajstić information content (AvgIpc) is 3.37. The number of benzene rings is 2. The second-order valence-corrected chi connectivity index (χ2v) is 7.78. The Kier molecular flexibility index (Phi) is 4.83. The molecule has 0 amide bonds. The highest BCUT2D eigenvalue weighted by atomic mass is 32.1. The van der Waals surface area contributed by atoms with Gasteiger partial charge in [-0.25, -0.2) is 9.67 Å². The van der Waals surface area contributed by atoms with Crippen LogP contribution in [0.1, 0.15) is 11.1 Å². The van der Waals surface area contributed by atoms with Crippen molar-refractivity contribution in [2.24, 2.45) is 10.1 Å². The summed E-state index contributed by atoms with van der Waals surface area (Å²) in [5.41, 5.74) is 6.24. The van der Waals surface area contributed by atoms with Gasteiger partial charge in [0.2, 0.25) is 4.80 Å². The molecule has 0 unspecified atom stereocenters. The van der Waals surface area contributed by atoms with E-state index in [1.165, 1.54) is 5.56 Å². The van der Waals surface area contributed by atoms with Crippen LogP contribution in [0.5, 0.6) is 0 Å². The van der Waals surface area contributed by atoms with E-state index in [1.807, 2.05) is 41.4 Å². The molecular formula is C24H19N5S. The molecule has 5 aromatic rings. The number of pyridine rings is 1. The largest absolute Gasteiger partial charge is 0.361 e. The summed E-state index contributed by atoms with van der Waals surface area (Å²) in [4.78, 5) is 13.0. The molecule has 146 valence electrons. The van der Waals surface area contributed by atoms with Crippen LogP contribution in [-0.4, -0.2) is 20.9 Å². The fraction of sp³-hybridized carbons (Fsp3) is 0.0417. The number of hydrogen-bond donors (Lipinski definition) is 1. The molecule has 1 N–H and O–H groups in total. The van der Waals surface area contributed by atoms with Crippen molar-refractivity contribution in [1.29, 1.82) is 0 Å². The molecule has 0 aliphatic carbocycles. The number of aromatic amines is 1. The predicted molar refractivity (Wildman–Crippen MR) is 123 cm³/mol. The summed E-state index contributed by atoms with van der Waals surface area (Å²) < 4.78 is 1.89. The van der Waals surface area contributed by atoms with E-state index in [9.17, 15) is 0 Å². The average molecular weight is 410 g/mol. The van der Waals surface area contributed by atoms with Gasteiger partial charge in [-0.1, -0.05) is 48.0 Å². The summed E-state index contributed by atoms with van der Waals surface area (Å²) in [7, 11) is 0. The SMILES string of the molecule is Cc1ccc(-c2csc(=Nc3cccnc3)n2N=Cc2c[nH]c3ccccc23)cc1. The van der Waals surface area contributed by atoms with Gasteiger partial charge in [-0.05, 0) is 25.1 Å². The van der Waals surface area contributed by atoms with Gasteiger partial charge < -0.3 is 4.98 Å². The van der Waals surface area contributed by atoms with Crippen LogP contribution in [0.4, 0.5) is 5.69 Å². The molecule has 3 aromatic heterocycles. The van der Waals surface area contributed by atoms with E-state index in [2.05, 4.69) is 58.7 Å². The Morgan fingerprint density at radius 1 is 1.03 bits per heavy atom. The van der Waals surface area contributed by atoms with Gasteiger partial charge in [-0.2, -0.15) is 5.10 Å². The number of nitrogens with one attached hydrogen (secondary N) is 1. The number of aromatic nitrogens is 3. The maximum atomic E-state index is 4.82. The van der Waals surface area contributed by atoms with Crippen LogP contribution in [0.25, 0.3) is 22.2 Å². The molecule has 2 aromatic carbocycles. The minimum absolute atomic E-state index is 0.787. The van der Waals surface area contributed by atoms with E-state index in [0.29, 0.717) is 0 Å². The summed E-state index contributed by atoms with van der Waals surface area (Å²) in [5.74, 6) is 0. The van der Waals surface area contributed by atoms with Gasteiger partial charge in [-0.3, -0.25) is 4.98 Å². The quantitative estimate of drug-likeness (QED) is 0.391. The van der Waals surface area contributed by atoms with E-state index in [-0.39, 0.29) is 0 Å². The highest BCUT2D eigenvalue weighted by Crippen LogP contribution is 2.22. The van der Waals surface area contributed by atoms with Gasteiger partial charge in [0.25, 0.3) is 0 Å². The van der Waals surface area contributed by atoms with Crippen molar-refractivity contribution in [3.63, 3.8) is 0 Å². The lowest BCUT2D eigenvalue weighted by molar-refractivity contribution is 0.854. The standard InChI is InChI=1S/C24H19N5S/c1-17-8-10-18(11-9-17)23-16-30-24(28-20-5-4-12-25-15-20)29(23)27-14-19-13-26-22-7-3-2-6-21(19)22/h2-16,26H,1H3. The van der Waals surface area contributed by atoms with Gasteiger partial charge in [0.05, 0.1) is 23.8 Å². The first-order chi connectivity index (χ1) is 14.8. The molecule has 0 spiro atoms. The third-order valence-electron chi connectivity index (χ3n) is 4.84. The zero-order valence-electron chi connectivity index (χ0n) is 16.4. The number of hydrogen-bond acceptors (Lipinski definition) is 4. The van der Waals surface area contributed by atoms with Crippen molar-refractivity contribution in [2.45, 2.75) is 6.92 Å². The van der Waals surface area contributed by atoms with Crippen molar-refractivity contribution < 1.29 is 0 Å². The van der Waals surface area contributed by atoms with Crippen LogP contribution in [0.15, 0.2) is 94.7 Å². The normalized spacial score (nSPS) is 12.2. The molecule has 3 heterocycles. The zero-order chi connectivity index (χ0) is 20.3. The van der Waals surface area contributed by atoms with E-state index in [1.54, 1.807) is 23.7 Å². The lowest BCUT2D eigenvalue weighted by atomic mass is 10.1. The summed E-state index contributed by atoms with van der Waals surface area (Å²) in [6, 6.07) is 20.5. The van der Waals surface area contributed by atoms with Gasteiger partial charge in [0.1, 0.15) is 0 Å². The Labute approximate surface area is 177 Å². The highest BCUT2D eigenvalue weighted by molar-refractivity contribution is 7.07. The first-order valence-electron chi connectivity index (χ1n) is 9.61. The number of aryl methyl sites for hydroxylation is 1. The minimum atomic E-state index is 0.787. The molecule has 0 atom stereocenters. The summed E-state index contributed by atoms with van der Waals surface area (Å²) in [5, 5.41) is 8.05. The topological polar surface area (TPSA) is 58.3 Å². The lowest BCUT2D eigenvalue weighted by Gasteiger charge is -2.04. The van der Waals surface area contributed by atoms with Crippen molar-refractivity contribution in [2.75, 3.05) is 0 Å². The fourth-order valence-corrected chi connectivity index (χ4v) is 4.12. The Balaban J connectivity index is 1.65. The molecule has 0 aliphatic rings. The Hall–Kier alpha value is -3.77. The van der Waals surface area contributed by atoms with Crippen molar-refractivity contribution >= 4 is 34.1 Å². The third-order valence-corrected chi connectivity index (χ3v) is 5.65. The maximum Gasteiger partial charge on any atom is 0.211 e. The third kappa shape index (κ3) is 3.60. The molecule has 0 saturated carbocycles. The Morgan fingerprint density at radius 3 is 2.73 bits per heavy atom. The van der Waals surface area contributed by atoms with Crippen LogP contribution in [-0.2, 0) is 0 Å². The molecule has 6 heteroatoms. The van der Waals surface area contributed by atoms with E-state index in [4.69, 9.17) is 10.1 Å². The van der Waals surface area contributed by atoms with E-state index >= 15 is 0 Å². The molecule has 0 aliphatic heterocycles. The van der Waals surface area contributed by atoms with Crippen LogP contribution in [0, 0.1) is 6.92 Å². The summed E-state index contributed by atoms with van der Waals surface area (Å²) >= 11 is 1.56. The molecule has 5 rings (SSSR count). The number of fused-ring (bicyclic) bond motifs is 1. The molecule has 0 radical (unpaired) electrons. The van der Waals surface area contributed by atoms with Gasteiger partial charge in [0, 0.05) is 39.8 Å². The lowest BCUT2D eigenvalue weighted by Crippen LogP contribution is -2.11. The van der Waals surface area contributed by atoms with E-state index < -0.39 is 0 Å². The Bertz CT molecular complexity index is 1390. The van der Waals surface area contributed by atoms with Crippen LogP contribution in [0.3, 0.4) is 0 Å². The Morgan fingerprint density at radius 2 is 1.90 bits per heavy atom. The summed E-state index contributed by atoms with van der Waals surface area (Å²) in [6.07, 6.45) is 7.35. The molecule has 0 fully saturated rings. The smallest absolute Gasteiger partial charge is 0.211 e. The monoisotopic (exact) mass is 409 g/mol. The van der Waals surface area contributed by atoms with Crippen LogP contribution < -0.4 is 4.80 Å². The van der Waals surface area contributed by atoms with Crippen molar-refractivity contribution in [3.8, 4) is 11.3 Å². The van der Waals surface area contributed by atoms with Crippen LogP contribution in [0.2, 0.25) is 0 Å². The molecule has 0 saturated heterocycles. The number of thiazole rings is 1. The fourth-order valence-electron chi connectivity index (χ4n) is 3.26. The van der Waals surface area contributed by atoms with Gasteiger partial charge in [-0.15, -0.1) is 11.3 Å². The van der Waals surface area contributed by atoms with Crippen molar-refractivity contribution in [1.82, 2.24) is 14.6 Å². The van der Waals surface area contributed by atoms with Crippen molar-refractivity contribution in [3.05, 3.63) is 101 Å².